The highest BCUT2D eigenvalue weighted by molar-refractivity contribution is 7.70. The zero-order chi connectivity index (χ0) is 62.8. The summed E-state index contributed by atoms with van der Waals surface area (Å²) in [5.74, 6) is -0.0200. The number of halogens is 9. The number of nitrogens with zero attached hydrogens (tertiary/aromatic N) is 6. The quantitative estimate of drug-likeness (QED) is 0.0369. The molecule has 8 aromatic rings. The molecule has 29 heteroatoms. The lowest BCUT2D eigenvalue weighted by atomic mass is 10.1. The summed E-state index contributed by atoms with van der Waals surface area (Å²) in [6, 6.07) is 33.4. The Morgan fingerprint density at radius 3 is 1.12 bits per heavy atom. The van der Waals surface area contributed by atoms with Gasteiger partial charge in [0, 0.05) is 75.0 Å². The summed E-state index contributed by atoms with van der Waals surface area (Å²) >= 11 is 0. The van der Waals surface area contributed by atoms with Gasteiger partial charge in [0.15, 0.2) is 11.5 Å². The first-order chi connectivity index (χ1) is 40.3. The highest BCUT2D eigenvalue weighted by Crippen LogP contribution is 2.41. The summed E-state index contributed by atoms with van der Waals surface area (Å²) < 4.78 is 167. The van der Waals surface area contributed by atoms with E-state index in [4.69, 9.17) is 9.47 Å². The predicted octanol–water partition coefficient (Wildman–Crippen LogP) is 15.3. The molecule has 1 aliphatic rings. The summed E-state index contributed by atoms with van der Waals surface area (Å²) in [6.45, 7) is 13.8. The van der Waals surface area contributed by atoms with Gasteiger partial charge in [-0.2, -0.15) is 54.5 Å². The van der Waals surface area contributed by atoms with Crippen LogP contribution < -0.4 is 57.3 Å². The number of nitrogens with one attached hydrogen (secondary N) is 6. The fourth-order valence-corrected chi connectivity index (χ4v) is 10.4. The fraction of sp³-hybridized carbons (Fsp3) is 0.263. The molecule has 0 spiro atoms. The lowest BCUT2D eigenvalue weighted by molar-refractivity contribution is -0.138. The van der Waals surface area contributed by atoms with Crippen LogP contribution in [-0.2, 0) is 32.2 Å². The second-order valence-electron chi connectivity index (χ2n) is 20.3. The van der Waals surface area contributed by atoms with Crippen molar-refractivity contribution in [3.8, 4) is 11.5 Å². The van der Waals surface area contributed by atoms with Crippen LogP contribution in [0, 0.1) is 0 Å². The Balaban J connectivity index is 0.000000185. The molecule has 0 fully saturated rings. The average molecular weight is 1260 g/mol. The third kappa shape index (κ3) is 18.4. The van der Waals surface area contributed by atoms with Gasteiger partial charge in [0.25, 0.3) is 0 Å². The van der Waals surface area contributed by atoms with E-state index in [1.165, 1.54) is 6.07 Å². The van der Waals surface area contributed by atoms with Crippen molar-refractivity contribution in [1.29, 1.82) is 0 Å². The number of hydrogen-bond donors (Lipinski definition) is 6. The summed E-state index contributed by atoms with van der Waals surface area (Å²) in [7, 11) is -7.17. The zero-order valence-corrected chi connectivity index (χ0v) is 50.1. The molecule has 17 nitrogen and oxygen atoms in total. The van der Waals surface area contributed by atoms with Crippen LogP contribution in [0.4, 0.5) is 103 Å². The van der Waals surface area contributed by atoms with Crippen molar-refractivity contribution in [1.82, 2.24) is 29.9 Å². The first kappa shape index (κ1) is 65.3. The third-order valence-corrected chi connectivity index (χ3v) is 17.1. The van der Waals surface area contributed by atoms with Crippen molar-refractivity contribution in [3.05, 3.63) is 157 Å². The molecule has 0 saturated carbocycles. The van der Waals surface area contributed by atoms with Gasteiger partial charge in [0.05, 0.1) is 0 Å². The second kappa shape index (κ2) is 27.0. The van der Waals surface area contributed by atoms with E-state index in [9.17, 15) is 53.2 Å². The Hall–Kier alpha value is -8.20. The number of ether oxygens (including phenoxy) is 2. The second-order valence-corrected chi connectivity index (χ2v) is 29.9. The minimum Gasteiger partial charge on any atom is -0.454 e. The first-order valence-corrected chi connectivity index (χ1v) is 33.9. The van der Waals surface area contributed by atoms with Gasteiger partial charge in [-0.15, -0.1) is 0 Å². The van der Waals surface area contributed by atoms with Crippen LogP contribution in [0.5, 0.6) is 11.5 Å². The van der Waals surface area contributed by atoms with E-state index in [0.717, 1.165) is 17.7 Å². The molecule has 0 amide bonds. The monoisotopic (exact) mass is 1260 g/mol. The first-order valence-electron chi connectivity index (χ1n) is 26.1. The SMILES string of the molecule is CCC(CC)Nc1nc(Nc2ccc(P(C)(C)=O)cc2)ncc1C(F)(F)F.CP(C)(=O)c1ccc(Nc2ncc(C(F)(F)F)c(Nc3ccc4c(c3)OCO4)n2)cc1.CP(C)(=O)c1ccc(Nc2ncc(C(F)(F)F)c(Nc3ccccc3)n2)cc1. The number of fused-ring (bicyclic) bond motifs is 1. The molecule has 0 unspecified atom stereocenters. The van der Waals surface area contributed by atoms with E-state index in [2.05, 4.69) is 61.8 Å². The van der Waals surface area contributed by atoms with Gasteiger partial charge in [-0.1, -0.05) is 32.0 Å². The largest absolute Gasteiger partial charge is 0.454 e. The Labute approximate surface area is 490 Å². The van der Waals surface area contributed by atoms with Crippen LogP contribution in [0.25, 0.3) is 0 Å². The van der Waals surface area contributed by atoms with Gasteiger partial charge in [0.1, 0.15) is 55.6 Å². The van der Waals surface area contributed by atoms with Crippen LogP contribution in [0.2, 0.25) is 0 Å². The van der Waals surface area contributed by atoms with Gasteiger partial charge < -0.3 is 55.1 Å². The average Bonchev–Trinajstić information content (AvgIpc) is 1.86. The number of rotatable bonds is 17. The molecule has 6 N–H and O–H groups in total. The smallest absolute Gasteiger partial charge is 0.421 e. The maximum Gasteiger partial charge on any atom is 0.421 e. The van der Waals surface area contributed by atoms with Crippen molar-refractivity contribution < 1.29 is 62.7 Å². The normalized spacial score (nSPS) is 12.5. The van der Waals surface area contributed by atoms with Gasteiger partial charge in [-0.3, -0.25) is 0 Å². The van der Waals surface area contributed by atoms with Crippen molar-refractivity contribution in [2.24, 2.45) is 0 Å². The molecule has 0 saturated heterocycles. The molecule has 0 radical (unpaired) electrons. The molecule has 0 bridgehead atoms. The molecular formula is C57H60F9N12O5P3. The molecule has 1 aliphatic heterocycles. The fourth-order valence-electron chi connectivity index (χ4n) is 7.80. The number of aromatic nitrogens is 6. The van der Waals surface area contributed by atoms with Gasteiger partial charge in [-0.05, 0) is 150 Å². The van der Waals surface area contributed by atoms with E-state index < -0.39 is 62.5 Å². The van der Waals surface area contributed by atoms with Crippen molar-refractivity contribution in [2.45, 2.75) is 51.3 Å². The number of hydrogen-bond acceptors (Lipinski definition) is 17. The molecule has 3 aromatic heterocycles. The van der Waals surface area contributed by atoms with Gasteiger partial charge in [-0.25, -0.2) is 15.0 Å². The van der Waals surface area contributed by atoms with Gasteiger partial charge in [0.2, 0.25) is 24.6 Å². The van der Waals surface area contributed by atoms with Crippen molar-refractivity contribution in [3.63, 3.8) is 0 Å². The number of benzene rings is 5. The summed E-state index contributed by atoms with van der Waals surface area (Å²) in [6.07, 6.45) is -10.2. The Kier molecular flexibility index (Phi) is 20.5. The zero-order valence-electron chi connectivity index (χ0n) is 47.4. The highest BCUT2D eigenvalue weighted by Gasteiger charge is 2.38. The Bertz CT molecular complexity index is 3750. The number of anilines is 11. The molecule has 4 heterocycles. The molecule has 456 valence electrons. The third-order valence-electron chi connectivity index (χ3n) is 12.5. The molecule has 86 heavy (non-hydrogen) atoms. The van der Waals surface area contributed by atoms with E-state index in [-0.39, 0.29) is 42.3 Å². The van der Waals surface area contributed by atoms with Crippen molar-refractivity contribution >= 4 is 101 Å². The Morgan fingerprint density at radius 2 is 0.756 bits per heavy atom. The van der Waals surface area contributed by atoms with Gasteiger partial charge >= 0.3 is 18.5 Å². The van der Waals surface area contributed by atoms with Crippen molar-refractivity contribution in [2.75, 3.05) is 78.7 Å². The molecule has 9 rings (SSSR count). The summed E-state index contributed by atoms with van der Waals surface area (Å²) in [5, 5.41) is 19.0. The summed E-state index contributed by atoms with van der Waals surface area (Å²) in [4.78, 5) is 23.4. The van der Waals surface area contributed by atoms with Crippen LogP contribution in [-0.4, -0.2) is 82.7 Å². The van der Waals surface area contributed by atoms with Crippen LogP contribution in [0.1, 0.15) is 43.4 Å². The minimum atomic E-state index is -4.65. The van der Waals surface area contributed by atoms with E-state index in [1.54, 1.807) is 155 Å². The maximum atomic E-state index is 13.5. The standard InChI is InChI=1S/C20H18F3N4O3P.C19H18F3N4OP.C18H24F3N4OP/c1-31(2,28)14-6-3-12(4-7-14)26-19-24-10-15(20(21,22)23)18(27-19)25-13-5-8-16-17(9-13)30-11-29-16;1-28(2,27)15-10-8-14(9-11-15)25-18-23-12-16(19(20,21)22)17(26-18)24-13-6-4-3-5-7-13;1-5-12(6-2)23-16-15(18(19,20)21)11-22-17(25-16)24-13-7-9-14(10-8-13)27(3,4)26/h3-10H,11H2,1-2H3,(H2,24,25,26,27);3-12H,1-2H3,(H2,23,24,25,26);7-12H,5-6H2,1-4H3,(H2,22,23,24,25). The van der Waals surface area contributed by atoms with E-state index >= 15 is 0 Å². The lowest BCUT2D eigenvalue weighted by Crippen LogP contribution is -2.22. The van der Waals surface area contributed by atoms with Crippen LogP contribution in [0.15, 0.2) is 140 Å². The number of alkyl halides is 9. The summed E-state index contributed by atoms with van der Waals surface area (Å²) in [5.41, 5.74) is -0.324. The minimum absolute atomic E-state index is 0.00959. The van der Waals surface area contributed by atoms with E-state index in [1.807, 2.05) is 13.8 Å². The maximum absolute atomic E-state index is 13.5. The Morgan fingerprint density at radius 1 is 0.430 bits per heavy atom. The molecule has 0 atom stereocenters. The molecular weight excluding hydrogens is 1200 g/mol. The van der Waals surface area contributed by atoms with E-state index in [0.29, 0.717) is 69.6 Å². The topological polar surface area (TPSA) is 219 Å². The number of para-hydroxylation sites is 1. The molecule has 0 aliphatic carbocycles. The van der Waals surface area contributed by atoms with Crippen LogP contribution >= 0.6 is 21.4 Å². The molecule has 5 aromatic carbocycles. The highest BCUT2D eigenvalue weighted by atomic mass is 31.2. The van der Waals surface area contributed by atoms with Crippen LogP contribution in [0.3, 0.4) is 0 Å². The predicted molar refractivity (Wildman–Crippen MR) is 321 cm³/mol. The lowest BCUT2D eigenvalue weighted by Gasteiger charge is -2.19.